The Morgan fingerprint density at radius 1 is 1.30 bits per heavy atom. The van der Waals surface area contributed by atoms with Crippen molar-refractivity contribution in [2.24, 2.45) is 0 Å². The molecule has 6 nitrogen and oxygen atoms in total. The van der Waals surface area contributed by atoms with Crippen molar-refractivity contribution in [3.63, 3.8) is 0 Å². The van der Waals surface area contributed by atoms with Gasteiger partial charge in [-0.2, -0.15) is 0 Å². The van der Waals surface area contributed by atoms with E-state index in [1.807, 2.05) is 24.3 Å². The van der Waals surface area contributed by atoms with Crippen molar-refractivity contribution < 1.29 is 13.2 Å². The van der Waals surface area contributed by atoms with E-state index < -0.39 is 9.84 Å². The number of sulfone groups is 1. The molecule has 1 aromatic carbocycles. The van der Waals surface area contributed by atoms with Crippen LogP contribution in [0, 0.1) is 0 Å². The van der Waals surface area contributed by atoms with Gasteiger partial charge in [-0.15, -0.1) is 0 Å². The Morgan fingerprint density at radius 2 is 2.10 bits per heavy atom. The smallest absolute Gasteiger partial charge is 0.324 e. The number of rotatable bonds is 1. The van der Waals surface area contributed by atoms with Gasteiger partial charge in [-0.05, 0) is 12.1 Å². The van der Waals surface area contributed by atoms with Gasteiger partial charge >= 0.3 is 6.03 Å². The second-order valence-electron chi connectivity index (χ2n) is 5.03. The zero-order valence-electron chi connectivity index (χ0n) is 10.3. The van der Waals surface area contributed by atoms with E-state index in [1.165, 1.54) is 16.2 Å². The molecule has 8 heteroatoms. The van der Waals surface area contributed by atoms with Crippen molar-refractivity contribution >= 4 is 42.6 Å². The molecule has 4 rings (SSSR count). The van der Waals surface area contributed by atoms with Crippen molar-refractivity contribution in [3.05, 3.63) is 24.3 Å². The topological polar surface area (TPSA) is 79.4 Å². The molecule has 0 radical (unpaired) electrons. The Balaban J connectivity index is 1.78. The lowest BCUT2D eigenvalue weighted by molar-refractivity contribution is 0.251. The van der Waals surface area contributed by atoms with Gasteiger partial charge in [0.15, 0.2) is 15.0 Å². The maximum Gasteiger partial charge on any atom is 0.324 e. The predicted molar refractivity (Wildman–Crippen MR) is 76.9 cm³/mol. The van der Waals surface area contributed by atoms with E-state index in [0.717, 1.165) is 10.2 Å². The van der Waals surface area contributed by atoms with Crippen molar-refractivity contribution in [2.45, 2.75) is 12.1 Å². The fourth-order valence-corrected chi connectivity index (χ4v) is 5.70. The first-order valence-electron chi connectivity index (χ1n) is 6.19. The minimum absolute atomic E-state index is 0.00628. The van der Waals surface area contributed by atoms with Gasteiger partial charge in [0.25, 0.3) is 0 Å². The van der Waals surface area contributed by atoms with Gasteiger partial charge in [0.05, 0.1) is 33.8 Å². The number of amides is 2. The highest BCUT2D eigenvalue weighted by Crippen LogP contribution is 2.34. The average molecular weight is 309 g/mol. The number of anilines is 1. The summed E-state index contributed by atoms with van der Waals surface area (Å²) in [5.74, 6) is 0.0249. The van der Waals surface area contributed by atoms with E-state index in [1.54, 1.807) is 0 Å². The molecule has 20 heavy (non-hydrogen) atoms. The largest absolute Gasteiger partial charge is 0.332 e. The molecule has 1 N–H and O–H groups in total. The normalized spacial score (nSPS) is 27.8. The van der Waals surface area contributed by atoms with Crippen LogP contribution in [0.1, 0.15) is 0 Å². The van der Waals surface area contributed by atoms with Crippen LogP contribution in [0.4, 0.5) is 9.93 Å². The zero-order chi connectivity index (χ0) is 13.9. The number of carbonyl (C=O) groups is 1. The highest BCUT2D eigenvalue weighted by molar-refractivity contribution is 7.91. The summed E-state index contributed by atoms with van der Waals surface area (Å²) in [6.07, 6.45) is 0. The third-order valence-electron chi connectivity index (χ3n) is 3.67. The number of carbonyl (C=O) groups excluding carboxylic acids is 1. The molecule has 0 unspecified atom stereocenters. The van der Waals surface area contributed by atoms with Gasteiger partial charge in [0, 0.05) is 0 Å². The van der Waals surface area contributed by atoms with Crippen molar-refractivity contribution in [1.82, 2.24) is 10.3 Å². The number of aromatic nitrogens is 1. The fourth-order valence-electron chi connectivity index (χ4n) is 2.79. The Morgan fingerprint density at radius 3 is 2.90 bits per heavy atom. The van der Waals surface area contributed by atoms with Crippen LogP contribution in [0.15, 0.2) is 24.3 Å². The number of para-hydroxylation sites is 1. The van der Waals surface area contributed by atoms with Crippen LogP contribution < -0.4 is 10.2 Å². The average Bonchev–Trinajstić information content (AvgIpc) is 2.97. The van der Waals surface area contributed by atoms with Gasteiger partial charge in [-0.25, -0.2) is 18.2 Å². The molecule has 2 saturated heterocycles. The Hall–Kier alpha value is -1.67. The first kappa shape index (κ1) is 12.1. The third kappa shape index (κ3) is 1.71. The number of hydrogen-bond donors (Lipinski definition) is 1. The number of hydrogen-bond acceptors (Lipinski definition) is 5. The van der Waals surface area contributed by atoms with Gasteiger partial charge in [0.2, 0.25) is 0 Å². The molecule has 0 bridgehead atoms. The molecule has 2 atom stereocenters. The minimum Gasteiger partial charge on any atom is -0.332 e. The summed E-state index contributed by atoms with van der Waals surface area (Å²) in [4.78, 5) is 18.0. The molecule has 2 aromatic rings. The summed E-state index contributed by atoms with van der Waals surface area (Å²) < 4.78 is 24.4. The maximum atomic E-state index is 12.1. The number of benzene rings is 1. The van der Waals surface area contributed by atoms with Crippen LogP contribution in [-0.4, -0.2) is 43.0 Å². The highest BCUT2D eigenvalue weighted by Gasteiger charge is 2.50. The van der Waals surface area contributed by atoms with E-state index in [0.29, 0.717) is 5.13 Å². The lowest BCUT2D eigenvalue weighted by Crippen LogP contribution is -2.36. The molecule has 2 aliphatic rings. The standard InChI is InChI=1S/C12H11N3O3S2/c16-11-13-8-5-20(17,18)6-9(8)15(11)12-14-7-3-1-2-4-10(7)19-12/h1-4,8-9H,5-6H2,(H,13,16)/t8-,9+/m1/s1. The van der Waals surface area contributed by atoms with E-state index in [9.17, 15) is 13.2 Å². The Bertz CT molecular complexity index is 781. The Labute approximate surface area is 119 Å². The molecular weight excluding hydrogens is 298 g/mol. The fraction of sp³-hybridized carbons (Fsp3) is 0.333. The molecule has 104 valence electrons. The predicted octanol–water partition coefficient (Wildman–Crippen LogP) is 0.992. The molecule has 2 aliphatic heterocycles. The van der Waals surface area contributed by atoms with E-state index in [4.69, 9.17) is 0 Å². The first-order valence-corrected chi connectivity index (χ1v) is 8.83. The zero-order valence-corrected chi connectivity index (χ0v) is 11.9. The summed E-state index contributed by atoms with van der Waals surface area (Å²) in [6, 6.07) is 6.71. The molecule has 1 aromatic heterocycles. The lowest BCUT2D eigenvalue weighted by Gasteiger charge is -2.17. The second kappa shape index (κ2) is 3.92. The van der Waals surface area contributed by atoms with Gasteiger partial charge < -0.3 is 5.32 Å². The first-order chi connectivity index (χ1) is 9.53. The van der Waals surface area contributed by atoms with Crippen molar-refractivity contribution in [2.75, 3.05) is 16.4 Å². The van der Waals surface area contributed by atoms with Crippen LogP contribution in [0.25, 0.3) is 10.2 Å². The van der Waals surface area contributed by atoms with Crippen LogP contribution >= 0.6 is 11.3 Å². The van der Waals surface area contributed by atoms with E-state index in [2.05, 4.69) is 10.3 Å². The number of urea groups is 1. The number of thiazole rings is 1. The molecular formula is C12H11N3O3S2. The number of fused-ring (bicyclic) bond motifs is 2. The maximum absolute atomic E-state index is 12.1. The van der Waals surface area contributed by atoms with Gasteiger partial charge in [-0.3, -0.25) is 4.90 Å². The van der Waals surface area contributed by atoms with Crippen LogP contribution in [0.5, 0.6) is 0 Å². The molecule has 0 aliphatic carbocycles. The second-order valence-corrected chi connectivity index (χ2v) is 8.20. The van der Waals surface area contributed by atoms with Crippen molar-refractivity contribution in [1.29, 1.82) is 0 Å². The van der Waals surface area contributed by atoms with Gasteiger partial charge in [0.1, 0.15) is 0 Å². The Kier molecular flexibility index (Phi) is 2.37. The summed E-state index contributed by atoms with van der Waals surface area (Å²) in [5.41, 5.74) is 0.824. The summed E-state index contributed by atoms with van der Waals surface area (Å²) in [5, 5.41) is 3.30. The minimum atomic E-state index is -3.08. The van der Waals surface area contributed by atoms with Crippen LogP contribution in [0.2, 0.25) is 0 Å². The number of nitrogens with zero attached hydrogens (tertiary/aromatic N) is 2. The van der Waals surface area contributed by atoms with E-state index >= 15 is 0 Å². The SMILES string of the molecule is O=C1N[C@@H]2CS(=O)(=O)C[C@@H]2N1c1nc2ccccc2s1. The van der Waals surface area contributed by atoms with Crippen LogP contribution in [0.3, 0.4) is 0 Å². The highest BCUT2D eigenvalue weighted by atomic mass is 32.2. The summed E-state index contributed by atoms with van der Waals surface area (Å²) in [7, 11) is -3.08. The lowest BCUT2D eigenvalue weighted by atomic mass is 10.2. The third-order valence-corrected chi connectivity index (χ3v) is 6.42. The van der Waals surface area contributed by atoms with Crippen molar-refractivity contribution in [3.8, 4) is 0 Å². The van der Waals surface area contributed by atoms with E-state index in [-0.39, 0.29) is 29.6 Å². The summed E-state index contributed by atoms with van der Waals surface area (Å²) >= 11 is 1.41. The number of nitrogens with one attached hydrogen (secondary N) is 1. The quantitative estimate of drug-likeness (QED) is 0.797. The molecule has 3 heterocycles. The molecule has 2 fully saturated rings. The molecule has 0 saturated carbocycles. The van der Waals surface area contributed by atoms with Gasteiger partial charge in [-0.1, -0.05) is 23.5 Å². The summed E-state index contributed by atoms with van der Waals surface area (Å²) in [6.45, 7) is 0. The van der Waals surface area contributed by atoms with Crippen LogP contribution in [-0.2, 0) is 9.84 Å². The molecule has 0 spiro atoms. The molecule has 2 amide bonds. The monoisotopic (exact) mass is 309 g/mol.